The van der Waals surface area contributed by atoms with Crippen molar-refractivity contribution in [3.63, 3.8) is 0 Å². The number of para-hydroxylation sites is 1. The summed E-state index contributed by atoms with van der Waals surface area (Å²) in [5, 5.41) is 8.48. The fourth-order valence-corrected chi connectivity index (χ4v) is 3.79. The van der Waals surface area contributed by atoms with Crippen LogP contribution in [0.25, 0.3) is 10.9 Å². The summed E-state index contributed by atoms with van der Waals surface area (Å²) < 4.78 is 11.3. The lowest BCUT2D eigenvalue weighted by Gasteiger charge is -2.21. The van der Waals surface area contributed by atoms with E-state index >= 15 is 0 Å². The third kappa shape index (κ3) is 5.01. The molecule has 0 aliphatic rings. The number of aromatic amines is 1. The second-order valence-electron chi connectivity index (χ2n) is 7.19. The lowest BCUT2D eigenvalue weighted by Crippen LogP contribution is -2.41. The Hall–Kier alpha value is -2.73. The van der Waals surface area contributed by atoms with Gasteiger partial charge < -0.3 is 25.1 Å². The first-order chi connectivity index (χ1) is 14.0. The van der Waals surface area contributed by atoms with E-state index in [0.717, 1.165) is 22.6 Å². The van der Waals surface area contributed by atoms with E-state index in [1.807, 2.05) is 19.1 Å². The molecule has 0 bridgehead atoms. The second-order valence-corrected chi connectivity index (χ2v) is 7.60. The van der Waals surface area contributed by atoms with Crippen molar-refractivity contribution in [2.24, 2.45) is 0 Å². The average Bonchev–Trinajstić information content (AvgIpc) is 3.13. The topological polar surface area (TPSA) is 58.3 Å². The van der Waals surface area contributed by atoms with Gasteiger partial charge in [0.1, 0.15) is 0 Å². The zero-order valence-corrected chi connectivity index (χ0v) is 18.2. The molecule has 0 radical (unpaired) electrons. The molecular formula is C23H29N3O2S. The van der Waals surface area contributed by atoms with Crippen LogP contribution in [0.15, 0.2) is 48.7 Å². The van der Waals surface area contributed by atoms with Crippen LogP contribution in [0, 0.1) is 0 Å². The quantitative estimate of drug-likeness (QED) is 0.474. The molecule has 0 aliphatic heterocycles. The van der Waals surface area contributed by atoms with Gasteiger partial charge in [0.2, 0.25) is 0 Å². The normalized spacial score (nSPS) is 12.0. The smallest absolute Gasteiger partial charge is 0.166 e. The highest BCUT2D eigenvalue weighted by molar-refractivity contribution is 7.80. The first-order valence-electron chi connectivity index (χ1n) is 9.94. The van der Waals surface area contributed by atoms with Crippen molar-refractivity contribution in [1.82, 2.24) is 15.6 Å². The van der Waals surface area contributed by atoms with Gasteiger partial charge in [-0.2, -0.15) is 0 Å². The summed E-state index contributed by atoms with van der Waals surface area (Å²) in [5.41, 5.74) is 3.47. The molecule has 2 aromatic carbocycles. The summed E-state index contributed by atoms with van der Waals surface area (Å²) in [6, 6.07) is 14.7. The SMILES string of the molecule is CCOc1ccc([C@@H](CNC(=S)NC(C)C)c2c[nH]c3ccccc23)cc1OC. The number of hydrogen-bond donors (Lipinski definition) is 3. The Balaban J connectivity index is 1.97. The molecule has 0 spiro atoms. The number of aromatic nitrogens is 1. The zero-order chi connectivity index (χ0) is 20.8. The highest BCUT2D eigenvalue weighted by atomic mass is 32.1. The summed E-state index contributed by atoms with van der Waals surface area (Å²) >= 11 is 5.45. The molecule has 3 aromatic rings. The molecule has 5 nitrogen and oxygen atoms in total. The number of fused-ring (bicyclic) bond motifs is 1. The minimum Gasteiger partial charge on any atom is -0.493 e. The van der Waals surface area contributed by atoms with E-state index in [4.69, 9.17) is 21.7 Å². The van der Waals surface area contributed by atoms with E-state index in [0.29, 0.717) is 18.3 Å². The van der Waals surface area contributed by atoms with Crippen molar-refractivity contribution >= 4 is 28.2 Å². The molecule has 0 aliphatic carbocycles. The van der Waals surface area contributed by atoms with Crippen LogP contribution in [0.4, 0.5) is 0 Å². The Morgan fingerprint density at radius 3 is 2.66 bits per heavy atom. The van der Waals surface area contributed by atoms with Crippen molar-refractivity contribution in [2.45, 2.75) is 32.7 Å². The number of methoxy groups -OCH3 is 1. The van der Waals surface area contributed by atoms with Gasteiger partial charge in [0, 0.05) is 35.6 Å². The van der Waals surface area contributed by atoms with Gasteiger partial charge in [-0.3, -0.25) is 0 Å². The minimum atomic E-state index is 0.0858. The van der Waals surface area contributed by atoms with Crippen LogP contribution >= 0.6 is 12.2 Å². The maximum absolute atomic E-state index is 5.69. The molecule has 0 saturated heterocycles. The standard InChI is InChI=1S/C23H29N3O2S/c1-5-28-21-11-10-16(12-22(21)27-4)18(13-25-23(29)26-15(2)3)19-14-24-20-9-7-6-8-17(19)20/h6-12,14-15,18,24H,5,13H2,1-4H3,(H2,25,26,29)/t18-/m1/s1. The Morgan fingerprint density at radius 1 is 1.14 bits per heavy atom. The fourth-order valence-electron chi connectivity index (χ4n) is 3.47. The first kappa shape index (κ1) is 21.0. The van der Waals surface area contributed by atoms with Gasteiger partial charge in [-0.1, -0.05) is 24.3 Å². The number of ether oxygens (including phenoxy) is 2. The van der Waals surface area contributed by atoms with Crippen LogP contribution in [0.2, 0.25) is 0 Å². The third-order valence-electron chi connectivity index (χ3n) is 4.77. The Bertz CT molecular complexity index is 968. The molecule has 29 heavy (non-hydrogen) atoms. The van der Waals surface area contributed by atoms with Crippen LogP contribution in [0.3, 0.4) is 0 Å². The molecule has 0 fully saturated rings. The summed E-state index contributed by atoms with van der Waals surface area (Å²) in [6.07, 6.45) is 2.08. The Morgan fingerprint density at radius 2 is 1.93 bits per heavy atom. The molecule has 0 unspecified atom stereocenters. The summed E-state index contributed by atoms with van der Waals surface area (Å²) in [4.78, 5) is 3.39. The number of benzene rings is 2. The molecule has 0 saturated carbocycles. The van der Waals surface area contributed by atoms with E-state index in [1.54, 1.807) is 7.11 Å². The molecule has 6 heteroatoms. The van der Waals surface area contributed by atoms with Gasteiger partial charge in [-0.05, 0) is 62.3 Å². The van der Waals surface area contributed by atoms with Gasteiger partial charge in [0.05, 0.1) is 13.7 Å². The zero-order valence-electron chi connectivity index (χ0n) is 17.4. The summed E-state index contributed by atoms with van der Waals surface area (Å²) in [5.74, 6) is 1.57. The monoisotopic (exact) mass is 411 g/mol. The highest BCUT2D eigenvalue weighted by Crippen LogP contribution is 2.35. The number of H-pyrrole nitrogens is 1. The molecular weight excluding hydrogens is 382 g/mol. The van der Waals surface area contributed by atoms with Crippen LogP contribution in [-0.4, -0.2) is 36.4 Å². The number of thiocarbonyl (C=S) groups is 1. The van der Waals surface area contributed by atoms with E-state index in [1.165, 1.54) is 10.9 Å². The third-order valence-corrected chi connectivity index (χ3v) is 5.04. The maximum Gasteiger partial charge on any atom is 0.166 e. The van der Waals surface area contributed by atoms with E-state index < -0.39 is 0 Å². The van der Waals surface area contributed by atoms with Crippen molar-refractivity contribution in [3.05, 3.63) is 59.8 Å². The minimum absolute atomic E-state index is 0.0858. The number of nitrogens with one attached hydrogen (secondary N) is 3. The summed E-state index contributed by atoms with van der Waals surface area (Å²) in [6.45, 7) is 7.37. The van der Waals surface area contributed by atoms with Gasteiger partial charge in [-0.15, -0.1) is 0 Å². The van der Waals surface area contributed by atoms with Crippen LogP contribution < -0.4 is 20.1 Å². The molecule has 1 heterocycles. The lowest BCUT2D eigenvalue weighted by atomic mass is 9.90. The molecule has 1 aromatic heterocycles. The van der Waals surface area contributed by atoms with Gasteiger partial charge in [-0.25, -0.2) is 0 Å². The van der Waals surface area contributed by atoms with E-state index in [9.17, 15) is 0 Å². The van der Waals surface area contributed by atoms with E-state index in [2.05, 4.69) is 66.0 Å². The molecule has 3 rings (SSSR count). The van der Waals surface area contributed by atoms with Crippen molar-refractivity contribution < 1.29 is 9.47 Å². The second kappa shape index (κ2) is 9.65. The molecule has 0 amide bonds. The maximum atomic E-state index is 5.69. The van der Waals surface area contributed by atoms with Gasteiger partial charge >= 0.3 is 0 Å². The number of hydrogen-bond acceptors (Lipinski definition) is 3. The van der Waals surface area contributed by atoms with Crippen LogP contribution in [0.1, 0.15) is 37.8 Å². The van der Waals surface area contributed by atoms with Crippen LogP contribution in [-0.2, 0) is 0 Å². The molecule has 3 N–H and O–H groups in total. The molecule has 154 valence electrons. The van der Waals surface area contributed by atoms with Gasteiger partial charge in [0.15, 0.2) is 16.6 Å². The Kier molecular flexibility index (Phi) is 6.99. The first-order valence-corrected chi connectivity index (χ1v) is 10.3. The predicted octanol–water partition coefficient (Wildman–Crippen LogP) is 4.58. The van der Waals surface area contributed by atoms with Crippen LogP contribution in [0.5, 0.6) is 11.5 Å². The average molecular weight is 412 g/mol. The van der Waals surface area contributed by atoms with Crippen molar-refractivity contribution in [2.75, 3.05) is 20.3 Å². The van der Waals surface area contributed by atoms with Crippen molar-refractivity contribution in [3.8, 4) is 11.5 Å². The highest BCUT2D eigenvalue weighted by Gasteiger charge is 2.20. The summed E-state index contributed by atoms with van der Waals surface area (Å²) in [7, 11) is 1.67. The van der Waals surface area contributed by atoms with E-state index in [-0.39, 0.29) is 12.0 Å². The number of rotatable bonds is 8. The fraction of sp³-hybridized carbons (Fsp3) is 0.348. The molecule has 1 atom stereocenters. The largest absolute Gasteiger partial charge is 0.493 e. The van der Waals surface area contributed by atoms with Crippen molar-refractivity contribution in [1.29, 1.82) is 0 Å². The van der Waals surface area contributed by atoms with Gasteiger partial charge in [0.25, 0.3) is 0 Å². The lowest BCUT2D eigenvalue weighted by molar-refractivity contribution is 0.310. The Labute approximate surface area is 177 Å². The predicted molar refractivity (Wildman–Crippen MR) is 123 cm³/mol.